The fourth-order valence-corrected chi connectivity index (χ4v) is 5.27. The Labute approximate surface area is 194 Å². The van der Waals surface area contributed by atoms with Crippen molar-refractivity contribution in [3.8, 4) is 0 Å². The third-order valence-electron chi connectivity index (χ3n) is 7.14. The van der Waals surface area contributed by atoms with Crippen molar-refractivity contribution >= 4 is 22.5 Å². The third kappa shape index (κ3) is 5.87. The molecule has 2 rings (SSSR count). The van der Waals surface area contributed by atoms with Gasteiger partial charge in [0.15, 0.2) is 16.6 Å². The lowest BCUT2D eigenvalue weighted by Gasteiger charge is -2.40. The van der Waals surface area contributed by atoms with Crippen LogP contribution in [0.5, 0.6) is 0 Å². The molecule has 1 aromatic rings. The van der Waals surface area contributed by atoms with Crippen molar-refractivity contribution in [2.45, 2.75) is 110 Å². The molecule has 0 saturated carbocycles. The van der Waals surface area contributed by atoms with E-state index in [0.717, 1.165) is 0 Å². The van der Waals surface area contributed by atoms with Crippen LogP contribution in [0.3, 0.4) is 0 Å². The van der Waals surface area contributed by atoms with Gasteiger partial charge in [-0.05, 0) is 43.1 Å². The molecule has 1 saturated heterocycles. The zero-order valence-corrected chi connectivity index (χ0v) is 22.8. The lowest BCUT2D eigenvalue weighted by atomic mass is 10.2. The van der Waals surface area contributed by atoms with E-state index in [-0.39, 0.29) is 27.6 Å². The number of ether oxygens (including phenoxy) is 1. The van der Waals surface area contributed by atoms with Gasteiger partial charge < -0.3 is 19.3 Å². The lowest BCUT2D eigenvalue weighted by molar-refractivity contribution is -0.0412. The molecule has 0 aliphatic carbocycles. The van der Waals surface area contributed by atoms with Crippen LogP contribution >= 0.6 is 0 Å². The summed E-state index contributed by atoms with van der Waals surface area (Å²) in [6, 6.07) is 0. The van der Waals surface area contributed by atoms with Gasteiger partial charge in [0, 0.05) is 22.3 Å². The van der Waals surface area contributed by atoms with Crippen LogP contribution in [0, 0.1) is 6.85 Å². The average Bonchev–Trinajstić information content (AvgIpc) is 2.98. The number of hydrogen-bond donors (Lipinski definition) is 1. The SMILES string of the molecule is [2H]C([2H])([2H])c1cn([C@H]2C[C@H](O[Si](C)(C)C(C)(C)C)[C@@H](CO[Si](C)(C)C(C)(C)C)O2)c(=O)nc1N. The summed E-state index contributed by atoms with van der Waals surface area (Å²) < 4.78 is 43.9. The van der Waals surface area contributed by atoms with Gasteiger partial charge in [0.1, 0.15) is 18.1 Å². The van der Waals surface area contributed by atoms with Crippen LogP contribution in [-0.2, 0) is 13.6 Å². The Bertz CT molecular complexity index is 937. The highest BCUT2D eigenvalue weighted by Crippen LogP contribution is 2.42. The second-order valence-electron chi connectivity index (χ2n) is 11.6. The number of hydrogen-bond acceptors (Lipinski definition) is 6. The molecule has 7 nitrogen and oxygen atoms in total. The first kappa shape index (κ1) is 21.8. The molecule has 0 unspecified atom stereocenters. The second-order valence-corrected chi connectivity index (χ2v) is 21.1. The van der Waals surface area contributed by atoms with E-state index >= 15 is 0 Å². The summed E-state index contributed by atoms with van der Waals surface area (Å²) in [6.45, 7) is 19.6. The number of anilines is 1. The monoisotopic (exact) mass is 472 g/mol. The van der Waals surface area contributed by atoms with E-state index in [1.807, 2.05) is 0 Å². The van der Waals surface area contributed by atoms with E-state index in [0.29, 0.717) is 13.0 Å². The summed E-state index contributed by atoms with van der Waals surface area (Å²) in [5.74, 6) is -0.286. The fraction of sp³-hybridized carbons (Fsp3) is 0.818. The van der Waals surface area contributed by atoms with Gasteiger partial charge in [-0.15, -0.1) is 0 Å². The van der Waals surface area contributed by atoms with Crippen LogP contribution in [0.15, 0.2) is 11.0 Å². The van der Waals surface area contributed by atoms with E-state index < -0.39 is 41.5 Å². The number of nitrogens with zero attached hydrogens (tertiary/aromatic N) is 2. The van der Waals surface area contributed by atoms with E-state index in [4.69, 9.17) is 23.4 Å². The van der Waals surface area contributed by atoms with E-state index in [9.17, 15) is 4.79 Å². The van der Waals surface area contributed by atoms with Gasteiger partial charge in [-0.1, -0.05) is 41.5 Å². The molecule has 0 bridgehead atoms. The van der Waals surface area contributed by atoms with E-state index in [1.165, 1.54) is 10.8 Å². The summed E-state index contributed by atoms with van der Waals surface area (Å²) in [5, 5.41) is 0.0250. The number of aromatic nitrogens is 2. The van der Waals surface area contributed by atoms with Crippen LogP contribution < -0.4 is 11.4 Å². The Morgan fingerprint density at radius 3 is 2.29 bits per heavy atom. The normalized spacial score (nSPS) is 25.2. The number of nitrogen functional groups attached to an aromatic ring is 1. The predicted molar refractivity (Wildman–Crippen MR) is 131 cm³/mol. The molecule has 1 aromatic heterocycles. The summed E-state index contributed by atoms with van der Waals surface area (Å²) in [7, 11) is -4.20. The highest BCUT2D eigenvalue weighted by Gasteiger charge is 2.46. The topological polar surface area (TPSA) is 88.6 Å². The van der Waals surface area contributed by atoms with Crippen LogP contribution in [0.2, 0.25) is 36.3 Å². The Morgan fingerprint density at radius 1 is 1.19 bits per heavy atom. The summed E-state index contributed by atoms with van der Waals surface area (Å²) >= 11 is 0. The molecule has 0 aromatic carbocycles. The summed E-state index contributed by atoms with van der Waals surface area (Å²) in [4.78, 5) is 16.4. The second kappa shape index (κ2) is 8.74. The lowest BCUT2D eigenvalue weighted by Crippen LogP contribution is -2.48. The molecule has 2 heterocycles. The van der Waals surface area contributed by atoms with Crippen molar-refractivity contribution in [2.75, 3.05) is 12.3 Å². The number of nitrogens with two attached hydrogens (primary N) is 1. The van der Waals surface area contributed by atoms with Gasteiger partial charge in [-0.25, -0.2) is 4.79 Å². The molecule has 3 atom stereocenters. The van der Waals surface area contributed by atoms with Crippen LogP contribution in [0.25, 0.3) is 0 Å². The number of aryl methyl sites for hydroxylation is 1. The predicted octanol–water partition coefficient (Wildman–Crippen LogP) is 4.83. The molecule has 9 heteroatoms. The number of rotatable bonds is 6. The Hall–Kier alpha value is -1.01. The molecule has 0 amide bonds. The first-order valence-corrected chi connectivity index (χ1v) is 16.7. The van der Waals surface area contributed by atoms with Crippen LogP contribution in [0.1, 0.15) is 63.9 Å². The van der Waals surface area contributed by atoms with Crippen molar-refractivity contribution in [1.82, 2.24) is 9.55 Å². The first-order chi connectivity index (χ1) is 15.1. The van der Waals surface area contributed by atoms with Gasteiger partial charge in [0.05, 0.1) is 12.7 Å². The average molecular weight is 473 g/mol. The zero-order chi connectivity index (χ0) is 26.5. The smallest absolute Gasteiger partial charge is 0.351 e. The minimum absolute atomic E-state index is 0.00998. The summed E-state index contributed by atoms with van der Waals surface area (Å²) in [6.07, 6.45) is 0.238. The van der Waals surface area contributed by atoms with Crippen molar-refractivity contribution in [1.29, 1.82) is 0 Å². The molecule has 0 radical (unpaired) electrons. The quantitative estimate of drug-likeness (QED) is 0.596. The molecule has 178 valence electrons. The van der Waals surface area contributed by atoms with Gasteiger partial charge >= 0.3 is 5.69 Å². The largest absolute Gasteiger partial charge is 0.414 e. The van der Waals surface area contributed by atoms with Crippen LogP contribution in [-0.4, -0.2) is 45.0 Å². The standard InChI is InChI=1S/C22H43N3O4Si2/c1-15-13-25(20(26)24-19(15)23)18-12-16(29-31(10,11)22(5,6)7)17(28-18)14-27-30(8,9)21(2,3)4/h13,16-18H,12,14H2,1-11H3,(H2,23,24,26)/t16-,17+,18+/m0/s1/i1D3. The molecule has 1 fully saturated rings. The third-order valence-corrected chi connectivity index (χ3v) is 16.1. The minimum Gasteiger partial charge on any atom is -0.414 e. The zero-order valence-electron chi connectivity index (χ0n) is 23.8. The fourth-order valence-electron chi connectivity index (χ4n) is 2.90. The Kier molecular flexibility index (Phi) is 6.15. The minimum atomic E-state index is -2.49. The van der Waals surface area contributed by atoms with E-state index in [1.54, 1.807) is 0 Å². The molecular weight excluding hydrogens is 426 g/mol. The van der Waals surface area contributed by atoms with Gasteiger partial charge in [0.25, 0.3) is 0 Å². The van der Waals surface area contributed by atoms with Crippen molar-refractivity contribution in [3.05, 3.63) is 22.2 Å². The molecule has 2 N–H and O–H groups in total. The van der Waals surface area contributed by atoms with Crippen molar-refractivity contribution < 1.29 is 17.7 Å². The van der Waals surface area contributed by atoms with Gasteiger partial charge in [-0.2, -0.15) is 4.98 Å². The molecular formula is C22H43N3O4Si2. The molecule has 0 spiro atoms. The van der Waals surface area contributed by atoms with Gasteiger partial charge in [-0.3, -0.25) is 4.57 Å². The first-order valence-electron chi connectivity index (χ1n) is 12.4. The maximum absolute atomic E-state index is 12.7. The van der Waals surface area contributed by atoms with Crippen LogP contribution in [0.4, 0.5) is 5.82 Å². The maximum Gasteiger partial charge on any atom is 0.351 e. The highest BCUT2D eigenvalue weighted by atomic mass is 28.4. The van der Waals surface area contributed by atoms with Crippen molar-refractivity contribution in [2.24, 2.45) is 0 Å². The summed E-state index contributed by atoms with van der Waals surface area (Å²) in [5.41, 5.74) is 4.92. The van der Waals surface area contributed by atoms with Gasteiger partial charge in [0.2, 0.25) is 0 Å². The molecule has 31 heavy (non-hydrogen) atoms. The molecule has 1 aliphatic rings. The highest BCUT2D eigenvalue weighted by molar-refractivity contribution is 6.74. The van der Waals surface area contributed by atoms with Crippen molar-refractivity contribution in [3.63, 3.8) is 0 Å². The Morgan fingerprint density at radius 2 is 1.77 bits per heavy atom. The van der Waals surface area contributed by atoms with E-state index in [2.05, 4.69) is 72.7 Å². The Balaban J connectivity index is 2.40. The maximum atomic E-state index is 12.7. The molecule has 1 aliphatic heterocycles.